The van der Waals surface area contributed by atoms with Crippen LogP contribution in [0, 0.1) is 31.6 Å². The summed E-state index contributed by atoms with van der Waals surface area (Å²) in [6.45, 7) is 23.9. The summed E-state index contributed by atoms with van der Waals surface area (Å²) < 4.78 is 38.7. The van der Waals surface area contributed by atoms with Crippen molar-refractivity contribution in [2.75, 3.05) is 45.7 Å². The monoisotopic (exact) mass is 955 g/mol. The van der Waals surface area contributed by atoms with Gasteiger partial charge in [-0.15, -0.1) is 0 Å². The lowest BCUT2D eigenvalue weighted by Crippen LogP contribution is -2.70. The van der Waals surface area contributed by atoms with Crippen LogP contribution in [0.2, 0.25) is 0 Å². The number of rotatable bonds is 12. The number of aliphatic hydroxyl groups excluding tert-OH is 2. The maximum absolute atomic E-state index is 14.5. The molecule has 386 valence electrons. The van der Waals surface area contributed by atoms with Crippen molar-refractivity contribution in [1.29, 1.82) is 0 Å². The summed E-state index contributed by atoms with van der Waals surface area (Å²) in [7, 11) is 4.71. The van der Waals surface area contributed by atoms with Crippen LogP contribution in [-0.2, 0) is 33.2 Å². The highest BCUT2D eigenvalue weighted by Gasteiger charge is 2.58. The Kier molecular flexibility index (Phi) is 19.6. The largest absolute Gasteiger partial charge is 0.459 e. The molecule has 1 aromatic heterocycles. The Balaban J connectivity index is 1.80. The number of esters is 1. The number of carbonyl (C=O) groups excluding carboxylic acids is 2. The van der Waals surface area contributed by atoms with E-state index in [1.165, 1.54) is 23.8 Å². The van der Waals surface area contributed by atoms with Crippen molar-refractivity contribution >= 4 is 17.8 Å². The van der Waals surface area contributed by atoms with Gasteiger partial charge in [0.1, 0.15) is 46.8 Å². The third-order valence-electron chi connectivity index (χ3n) is 14.7. The van der Waals surface area contributed by atoms with E-state index in [9.17, 15) is 35.1 Å². The number of methoxy groups -OCH3 is 1. The molecule has 3 aliphatic rings. The van der Waals surface area contributed by atoms with Gasteiger partial charge in [0.15, 0.2) is 12.6 Å². The van der Waals surface area contributed by atoms with Crippen molar-refractivity contribution in [2.45, 2.75) is 212 Å². The standard InChI is InChI=1S/C48H86N6O13/c1-17-19-49-25-48(61)32(9)64-37(23-46(48,12)62-16)66-39-29(6)41(45(11,59)22-26(3)24-50-31(8)40(56)47(13,60)35(18-2)65-42(57)30(39)7)67-43-38(55)34(21-28(5)63-43)53(14)44(58)54(15)36-20-27(4)51-33(10)52-36/h20,26,28-32,34-35,37-41,43,49-50,55-56,59-61H,17-19,21-25H2,1-16H3/t26-,28-,29+,30+,31-,32+,34+,35-,37+,38-,39+,40-,41-,43+,45-,46-,47-,48+/m1/s1. The summed E-state index contributed by atoms with van der Waals surface area (Å²) in [6.07, 6.45) is -8.60. The molecule has 3 saturated heterocycles. The predicted molar refractivity (Wildman–Crippen MR) is 251 cm³/mol. The van der Waals surface area contributed by atoms with Crippen LogP contribution < -0.4 is 15.5 Å². The number of nitrogens with zero attached hydrogens (tertiary/aromatic N) is 4. The van der Waals surface area contributed by atoms with Gasteiger partial charge >= 0.3 is 12.0 Å². The van der Waals surface area contributed by atoms with Crippen molar-refractivity contribution in [1.82, 2.24) is 25.5 Å². The van der Waals surface area contributed by atoms with E-state index in [0.717, 1.165) is 6.42 Å². The highest BCUT2D eigenvalue weighted by Crippen LogP contribution is 2.43. The zero-order valence-corrected chi connectivity index (χ0v) is 43.1. The van der Waals surface area contributed by atoms with Gasteiger partial charge in [-0.1, -0.05) is 27.7 Å². The molecule has 0 radical (unpaired) electrons. The van der Waals surface area contributed by atoms with E-state index in [1.807, 2.05) is 27.7 Å². The quantitative estimate of drug-likeness (QED) is 0.118. The molecule has 4 heterocycles. The smallest absolute Gasteiger partial charge is 0.325 e. The third-order valence-corrected chi connectivity index (χ3v) is 14.7. The van der Waals surface area contributed by atoms with Crippen LogP contribution in [0.3, 0.4) is 0 Å². The molecule has 0 spiro atoms. The van der Waals surface area contributed by atoms with Crippen LogP contribution in [0.15, 0.2) is 6.07 Å². The highest BCUT2D eigenvalue weighted by atomic mass is 16.7. The van der Waals surface area contributed by atoms with Crippen molar-refractivity contribution in [2.24, 2.45) is 17.8 Å². The predicted octanol–water partition coefficient (Wildman–Crippen LogP) is 2.96. The topological polar surface area (TPSA) is 247 Å². The van der Waals surface area contributed by atoms with E-state index in [2.05, 4.69) is 20.6 Å². The number of carbonyl (C=O) groups is 2. The molecular weight excluding hydrogens is 869 g/mol. The van der Waals surface area contributed by atoms with Gasteiger partial charge in [-0.3, -0.25) is 9.69 Å². The van der Waals surface area contributed by atoms with E-state index >= 15 is 0 Å². The number of hydrogen-bond donors (Lipinski definition) is 7. The SMILES string of the molecule is CCCNC[C@]1(O)[C@H](C)O[C@@H](O[C@H]2[C@H](C)[C@@H](O[C@@H]3O[C@H](C)C[C@H](N(C)C(=O)N(C)c4cc(C)nc(C)n4)[C@H]3O)[C@](C)(O)C[C@@H](C)CN[C@H](C)[C@@H](O)[C@](C)(O)[C@@H](CC)OC(=O)[C@H]2C)C[C@@]1(C)OC. The fourth-order valence-corrected chi connectivity index (χ4v) is 10.4. The average Bonchev–Trinajstić information content (AvgIpc) is 3.26. The van der Waals surface area contributed by atoms with Gasteiger partial charge in [0.2, 0.25) is 0 Å². The van der Waals surface area contributed by atoms with Gasteiger partial charge in [-0.2, -0.15) is 0 Å². The number of ether oxygens (including phenoxy) is 6. The summed E-state index contributed by atoms with van der Waals surface area (Å²) in [6, 6.07) is -0.194. The van der Waals surface area contributed by atoms with E-state index in [1.54, 1.807) is 75.6 Å². The maximum Gasteiger partial charge on any atom is 0.325 e. The Morgan fingerprint density at radius 2 is 1.64 bits per heavy atom. The molecule has 67 heavy (non-hydrogen) atoms. The first-order valence-electron chi connectivity index (χ1n) is 24.3. The number of hydrogen-bond acceptors (Lipinski definition) is 17. The van der Waals surface area contributed by atoms with Crippen molar-refractivity contribution in [3.63, 3.8) is 0 Å². The molecule has 1 aromatic rings. The molecule has 2 amide bonds. The zero-order chi connectivity index (χ0) is 50.6. The number of urea groups is 1. The van der Waals surface area contributed by atoms with Crippen molar-refractivity contribution in [3.8, 4) is 0 Å². The highest BCUT2D eigenvalue weighted by molar-refractivity contribution is 5.90. The summed E-state index contributed by atoms with van der Waals surface area (Å²) >= 11 is 0. The lowest BCUT2D eigenvalue weighted by atomic mass is 9.75. The average molecular weight is 955 g/mol. The van der Waals surface area contributed by atoms with Gasteiger partial charge in [0.05, 0.1) is 42.0 Å². The Morgan fingerprint density at radius 3 is 2.24 bits per heavy atom. The van der Waals surface area contributed by atoms with Crippen LogP contribution >= 0.6 is 0 Å². The van der Waals surface area contributed by atoms with E-state index in [4.69, 9.17) is 28.4 Å². The number of cyclic esters (lactones) is 1. The molecule has 19 heteroatoms. The molecule has 3 aliphatic heterocycles. The first-order valence-corrected chi connectivity index (χ1v) is 24.3. The Hall–Kier alpha value is -2.66. The molecule has 0 aromatic carbocycles. The number of amides is 2. The minimum absolute atomic E-state index is 0.0384. The summed E-state index contributed by atoms with van der Waals surface area (Å²) in [5, 5.41) is 67.0. The Labute approximate surface area is 399 Å². The maximum atomic E-state index is 14.5. The Morgan fingerprint density at radius 1 is 0.985 bits per heavy atom. The third kappa shape index (κ3) is 12.8. The molecule has 0 bridgehead atoms. The summed E-state index contributed by atoms with van der Waals surface area (Å²) in [5.41, 5.74) is -5.56. The first-order chi connectivity index (χ1) is 31.1. The second kappa shape index (κ2) is 23.1. The number of likely N-dealkylation sites (N-methyl/N-ethyl adjacent to an activating group) is 1. The molecule has 4 rings (SSSR count). The molecule has 18 atom stereocenters. The van der Waals surface area contributed by atoms with Crippen LogP contribution in [0.5, 0.6) is 0 Å². The van der Waals surface area contributed by atoms with Crippen LogP contribution in [0.1, 0.15) is 120 Å². The second-order valence-corrected chi connectivity index (χ2v) is 20.6. The van der Waals surface area contributed by atoms with Gasteiger partial charge in [-0.05, 0) is 107 Å². The van der Waals surface area contributed by atoms with Crippen LogP contribution in [-0.4, -0.2) is 183 Å². The number of aliphatic hydroxyl groups is 5. The molecule has 3 fully saturated rings. The van der Waals surface area contributed by atoms with E-state index in [-0.39, 0.29) is 38.1 Å². The minimum atomic E-state index is -1.87. The number of aromatic nitrogens is 2. The fourth-order valence-electron chi connectivity index (χ4n) is 10.4. The molecule has 7 N–H and O–H groups in total. The van der Waals surface area contributed by atoms with Crippen molar-refractivity contribution in [3.05, 3.63) is 17.6 Å². The lowest BCUT2D eigenvalue weighted by Gasteiger charge is -2.53. The zero-order valence-electron chi connectivity index (χ0n) is 43.1. The fraction of sp³-hybridized carbons (Fsp3) is 0.875. The normalized spacial score (nSPS) is 41.7. The lowest BCUT2D eigenvalue weighted by molar-refractivity contribution is -0.336. The van der Waals surface area contributed by atoms with Gasteiger partial charge in [0, 0.05) is 57.9 Å². The molecule has 0 unspecified atom stereocenters. The van der Waals surface area contributed by atoms with Crippen LogP contribution in [0.25, 0.3) is 0 Å². The van der Waals surface area contributed by atoms with E-state index < -0.39 is 114 Å². The van der Waals surface area contributed by atoms with E-state index in [0.29, 0.717) is 30.4 Å². The number of nitrogens with one attached hydrogen (secondary N) is 2. The summed E-state index contributed by atoms with van der Waals surface area (Å²) in [4.78, 5) is 40.2. The van der Waals surface area contributed by atoms with Crippen molar-refractivity contribution < 1.29 is 63.5 Å². The van der Waals surface area contributed by atoms with Gasteiger partial charge in [-0.25, -0.2) is 14.8 Å². The summed E-state index contributed by atoms with van der Waals surface area (Å²) in [5.74, 6) is -2.12. The minimum Gasteiger partial charge on any atom is -0.459 e. The molecule has 0 aliphatic carbocycles. The van der Waals surface area contributed by atoms with Crippen LogP contribution in [0.4, 0.5) is 10.6 Å². The molecule has 0 saturated carbocycles. The Bertz CT molecular complexity index is 1760. The first kappa shape index (κ1) is 56.9. The van der Waals surface area contributed by atoms with Gasteiger partial charge in [0.25, 0.3) is 0 Å². The molecular formula is C48H86N6O13. The molecule has 19 nitrogen and oxygen atoms in total. The van der Waals surface area contributed by atoms with Gasteiger partial charge < -0.3 is 69.5 Å². The number of anilines is 1. The number of aryl methyl sites for hydroxylation is 2. The second-order valence-electron chi connectivity index (χ2n) is 20.6.